The van der Waals surface area contributed by atoms with E-state index in [9.17, 15) is 14.9 Å². The molecule has 25 heavy (non-hydrogen) atoms. The molecule has 0 unspecified atom stereocenters. The molecule has 6 nitrogen and oxygen atoms in total. The summed E-state index contributed by atoms with van der Waals surface area (Å²) in [5.74, 6) is -0.227. The van der Waals surface area contributed by atoms with Crippen LogP contribution in [0.3, 0.4) is 0 Å². The molecule has 0 saturated heterocycles. The lowest BCUT2D eigenvalue weighted by molar-refractivity contribution is -0.384. The summed E-state index contributed by atoms with van der Waals surface area (Å²) < 4.78 is 5.73. The summed E-state index contributed by atoms with van der Waals surface area (Å²) in [5, 5.41) is 14.3. The highest BCUT2D eigenvalue weighted by molar-refractivity contribution is 9.10. The summed E-state index contributed by atoms with van der Waals surface area (Å²) in [4.78, 5) is 22.6. The van der Waals surface area contributed by atoms with E-state index in [1.807, 2.05) is 34.6 Å². The topological polar surface area (TPSA) is 81.5 Å². The number of carbonyl (C=O) groups is 1. The zero-order chi connectivity index (χ0) is 19.2. The van der Waals surface area contributed by atoms with Crippen molar-refractivity contribution in [3.63, 3.8) is 0 Å². The van der Waals surface area contributed by atoms with Gasteiger partial charge in [0.25, 0.3) is 0 Å². The number of benzene rings is 1. The number of nitrogens with one attached hydrogen (secondary N) is 1. The summed E-state index contributed by atoms with van der Waals surface area (Å²) in [6, 6.07) is 5.05. The molecule has 0 radical (unpaired) electrons. The summed E-state index contributed by atoms with van der Waals surface area (Å²) >= 11 is 3.20. The predicted octanol–water partition coefficient (Wildman–Crippen LogP) is 5.23. The molecule has 0 spiro atoms. The van der Waals surface area contributed by atoms with Crippen molar-refractivity contribution < 1.29 is 14.5 Å². The van der Waals surface area contributed by atoms with Crippen LogP contribution in [0.5, 0.6) is 0 Å². The smallest absolute Gasteiger partial charge is 0.306 e. The minimum atomic E-state index is -0.481. The average Bonchev–Trinajstić information content (AvgIpc) is 2.48. The van der Waals surface area contributed by atoms with Gasteiger partial charge in [0.1, 0.15) is 11.3 Å². The highest BCUT2D eigenvalue weighted by Gasteiger charge is 2.18. The Hall–Kier alpha value is -1.89. The third-order valence-corrected chi connectivity index (χ3v) is 4.21. The number of rotatable bonds is 7. The van der Waals surface area contributed by atoms with Crippen LogP contribution in [-0.2, 0) is 9.53 Å². The fourth-order valence-corrected chi connectivity index (χ4v) is 2.63. The van der Waals surface area contributed by atoms with Gasteiger partial charge in [-0.05, 0) is 69.1 Å². The number of carbonyl (C=O) groups excluding carboxylic acids is 1. The Morgan fingerprint density at radius 1 is 1.24 bits per heavy atom. The SMILES string of the molecule is C/C(CCC(=O)OC(C)(C)C)=C(/C)CNc1cccc(Br)c1[N+](=O)[O-]. The van der Waals surface area contributed by atoms with Gasteiger partial charge in [0, 0.05) is 13.0 Å². The van der Waals surface area contributed by atoms with Crippen molar-refractivity contribution in [1.29, 1.82) is 0 Å². The maximum atomic E-state index is 11.8. The van der Waals surface area contributed by atoms with Gasteiger partial charge < -0.3 is 10.1 Å². The van der Waals surface area contributed by atoms with Crippen molar-refractivity contribution in [2.24, 2.45) is 0 Å². The van der Waals surface area contributed by atoms with Crippen LogP contribution in [0.25, 0.3) is 0 Å². The van der Waals surface area contributed by atoms with Gasteiger partial charge in [-0.15, -0.1) is 0 Å². The third-order valence-electron chi connectivity index (χ3n) is 3.57. The van der Waals surface area contributed by atoms with E-state index in [-0.39, 0.29) is 11.7 Å². The first-order chi connectivity index (χ1) is 11.5. The van der Waals surface area contributed by atoms with Crippen LogP contribution in [0.1, 0.15) is 47.5 Å². The van der Waals surface area contributed by atoms with Crippen molar-refractivity contribution in [1.82, 2.24) is 0 Å². The van der Waals surface area contributed by atoms with Crippen molar-refractivity contribution in [3.05, 3.63) is 43.9 Å². The fraction of sp³-hybridized carbons (Fsp3) is 0.500. The van der Waals surface area contributed by atoms with E-state index < -0.39 is 10.5 Å². The molecule has 138 valence electrons. The van der Waals surface area contributed by atoms with E-state index in [0.29, 0.717) is 29.5 Å². The number of nitro benzene ring substituents is 1. The van der Waals surface area contributed by atoms with Crippen molar-refractivity contribution in [3.8, 4) is 0 Å². The fourth-order valence-electron chi connectivity index (χ4n) is 2.12. The van der Waals surface area contributed by atoms with E-state index in [0.717, 1.165) is 11.1 Å². The van der Waals surface area contributed by atoms with Gasteiger partial charge in [-0.25, -0.2) is 0 Å². The van der Waals surface area contributed by atoms with Crippen molar-refractivity contribution >= 4 is 33.3 Å². The Morgan fingerprint density at radius 2 is 1.88 bits per heavy atom. The quantitative estimate of drug-likeness (QED) is 0.287. The second-order valence-corrected chi connectivity index (χ2v) is 7.75. The van der Waals surface area contributed by atoms with Gasteiger partial charge in [-0.1, -0.05) is 17.2 Å². The number of ether oxygens (including phenoxy) is 1. The lowest BCUT2D eigenvalue weighted by Gasteiger charge is -2.19. The second-order valence-electron chi connectivity index (χ2n) is 6.89. The number of para-hydroxylation sites is 1. The summed E-state index contributed by atoms with van der Waals surface area (Å²) in [6.07, 6.45) is 0.917. The van der Waals surface area contributed by atoms with E-state index in [4.69, 9.17) is 4.74 Å². The maximum absolute atomic E-state index is 11.8. The van der Waals surface area contributed by atoms with Gasteiger partial charge in [0.05, 0.1) is 9.40 Å². The molecule has 0 saturated carbocycles. The van der Waals surface area contributed by atoms with Crippen LogP contribution in [-0.4, -0.2) is 23.0 Å². The number of nitro groups is 1. The average molecular weight is 413 g/mol. The van der Waals surface area contributed by atoms with Gasteiger partial charge >= 0.3 is 11.7 Å². The molecule has 0 fully saturated rings. The molecular formula is C18H25BrN2O4. The van der Waals surface area contributed by atoms with Crippen molar-refractivity contribution in [2.45, 2.75) is 53.1 Å². The predicted molar refractivity (Wildman–Crippen MR) is 103 cm³/mol. The van der Waals surface area contributed by atoms with E-state index in [1.54, 1.807) is 18.2 Å². The minimum absolute atomic E-state index is 0.0155. The first-order valence-electron chi connectivity index (χ1n) is 8.05. The van der Waals surface area contributed by atoms with Gasteiger partial charge in [0.15, 0.2) is 0 Å². The molecule has 0 atom stereocenters. The molecule has 1 aromatic rings. The number of hydrogen-bond donors (Lipinski definition) is 1. The van der Waals surface area contributed by atoms with Crippen LogP contribution >= 0.6 is 15.9 Å². The molecule has 1 aromatic carbocycles. The number of esters is 1. The molecule has 7 heteroatoms. The number of halogens is 1. The molecule has 0 aliphatic carbocycles. The van der Waals surface area contributed by atoms with Crippen molar-refractivity contribution in [2.75, 3.05) is 11.9 Å². The van der Waals surface area contributed by atoms with E-state index in [1.165, 1.54) is 0 Å². The summed E-state index contributed by atoms with van der Waals surface area (Å²) in [5.41, 5.74) is 2.10. The molecule has 0 aliphatic rings. The third kappa shape index (κ3) is 7.25. The second kappa shape index (κ2) is 8.99. The highest BCUT2D eigenvalue weighted by Crippen LogP contribution is 2.32. The number of anilines is 1. The summed E-state index contributed by atoms with van der Waals surface area (Å²) in [6.45, 7) is 9.89. The molecule has 0 bridgehead atoms. The molecule has 0 aromatic heterocycles. The van der Waals surface area contributed by atoms with Crippen LogP contribution in [0.4, 0.5) is 11.4 Å². The molecule has 0 aliphatic heterocycles. The van der Waals surface area contributed by atoms with Gasteiger partial charge in [-0.3, -0.25) is 14.9 Å². The largest absolute Gasteiger partial charge is 0.460 e. The Labute approximate surface area is 156 Å². The van der Waals surface area contributed by atoms with Crippen LogP contribution in [0.15, 0.2) is 33.8 Å². The lowest BCUT2D eigenvalue weighted by atomic mass is 10.1. The minimum Gasteiger partial charge on any atom is -0.460 e. The molecule has 0 amide bonds. The van der Waals surface area contributed by atoms with Crippen LogP contribution in [0.2, 0.25) is 0 Å². The van der Waals surface area contributed by atoms with Gasteiger partial charge in [-0.2, -0.15) is 0 Å². The highest BCUT2D eigenvalue weighted by atomic mass is 79.9. The van der Waals surface area contributed by atoms with Crippen LogP contribution in [0, 0.1) is 10.1 Å². The van der Waals surface area contributed by atoms with Gasteiger partial charge in [0.2, 0.25) is 0 Å². The maximum Gasteiger partial charge on any atom is 0.306 e. The van der Waals surface area contributed by atoms with E-state index in [2.05, 4.69) is 21.2 Å². The Kier molecular flexibility index (Phi) is 7.60. The molecule has 1 rings (SSSR count). The standard InChI is InChI=1S/C18H25BrN2O4/c1-12(9-10-16(22)25-18(3,4)5)13(2)11-20-15-8-6-7-14(19)17(15)21(23)24/h6-8,20H,9-11H2,1-5H3/b13-12+. The Morgan fingerprint density at radius 3 is 2.44 bits per heavy atom. The molecular weight excluding hydrogens is 388 g/mol. The zero-order valence-electron chi connectivity index (χ0n) is 15.3. The Bertz CT molecular complexity index is 678. The first-order valence-corrected chi connectivity index (χ1v) is 8.84. The number of nitrogens with zero attached hydrogens (tertiary/aromatic N) is 1. The summed E-state index contributed by atoms with van der Waals surface area (Å²) in [7, 11) is 0. The molecule has 1 N–H and O–H groups in total. The first kappa shape index (κ1) is 21.2. The lowest BCUT2D eigenvalue weighted by Crippen LogP contribution is -2.23. The zero-order valence-corrected chi connectivity index (χ0v) is 16.9. The number of hydrogen-bond acceptors (Lipinski definition) is 5. The van der Waals surface area contributed by atoms with Crippen LogP contribution < -0.4 is 5.32 Å². The monoisotopic (exact) mass is 412 g/mol. The Balaban J connectivity index is 2.68. The molecule has 0 heterocycles. The van der Waals surface area contributed by atoms with E-state index >= 15 is 0 Å². The normalized spacial score (nSPS) is 12.4. The number of allylic oxidation sites excluding steroid dienone is 1.